The molecule has 0 unspecified atom stereocenters. The summed E-state index contributed by atoms with van der Waals surface area (Å²) >= 11 is 0. The van der Waals surface area contributed by atoms with Crippen LogP contribution in [-0.4, -0.2) is 32.7 Å². The fourth-order valence-corrected chi connectivity index (χ4v) is 1.33. The summed E-state index contributed by atoms with van der Waals surface area (Å²) in [6, 6.07) is 3.18. The fourth-order valence-electron chi connectivity index (χ4n) is 1.33. The van der Waals surface area contributed by atoms with Crippen LogP contribution in [0.1, 0.15) is 10.5 Å². The van der Waals surface area contributed by atoms with Gasteiger partial charge >= 0.3 is 5.97 Å². The van der Waals surface area contributed by atoms with Gasteiger partial charge in [-0.2, -0.15) is 0 Å². The van der Waals surface area contributed by atoms with E-state index in [4.69, 9.17) is 9.84 Å². The molecule has 0 aliphatic heterocycles. The Morgan fingerprint density at radius 3 is 2.79 bits per heavy atom. The smallest absolute Gasteiger partial charge is 0.358 e. The predicted molar refractivity (Wildman–Crippen MR) is 58.8 cm³/mol. The minimum atomic E-state index is -1.17. The van der Waals surface area contributed by atoms with Crippen molar-refractivity contribution >= 4 is 5.97 Å². The molecule has 0 bridgehead atoms. The lowest BCUT2D eigenvalue weighted by atomic mass is 10.3. The molecule has 0 aliphatic rings. The molecule has 0 radical (unpaired) electrons. The number of benzene rings is 1. The van der Waals surface area contributed by atoms with Gasteiger partial charge in [0.15, 0.2) is 17.3 Å². The number of carboxylic acid groups (broad SMARTS) is 1. The van der Waals surface area contributed by atoms with Crippen molar-refractivity contribution in [2.24, 2.45) is 0 Å². The van der Waals surface area contributed by atoms with Crippen LogP contribution in [0.5, 0.6) is 5.75 Å². The summed E-state index contributed by atoms with van der Waals surface area (Å²) < 4.78 is 32.0. The zero-order valence-corrected chi connectivity index (χ0v) is 9.58. The lowest BCUT2D eigenvalue weighted by Crippen LogP contribution is -2.09. The van der Waals surface area contributed by atoms with Crippen molar-refractivity contribution in [3.8, 4) is 5.75 Å². The minimum Gasteiger partial charge on any atom is -0.492 e. The van der Waals surface area contributed by atoms with Crippen molar-refractivity contribution in [1.29, 1.82) is 0 Å². The number of nitrogens with zero attached hydrogens (tertiary/aromatic N) is 3. The molecule has 0 saturated carbocycles. The number of aromatic nitrogens is 3. The lowest BCUT2D eigenvalue weighted by Gasteiger charge is -2.05. The van der Waals surface area contributed by atoms with Gasteiger partial charge in [0.2, 0.25) is 0 Å². The average Bonchev–Trinajstić information content (AvgIpc) is 2.83. The molecule has 100 valence electrons. The molecule has 0 spiro atoms. The number of hydrogen-bond donors (Lipinski definition) is 1. The van der Waals surface area contributed by atoms with Gasteiger partial charge in [-0.1, -0.05) is 5.21 Å². The number of hydrogen-bond acceptors (Lipinski definition) is 4. The number of aromatic carboxylic acids is 1. The average molecular weight is 269 g/mol. The van der Waals surface area contributed by atoms with Crippen LogP contribution >= 0.6 is 0 Å². The Morgan fingerprint density at radius 1 is 1.37 bits per heavy atom. The van der Waals surface area contributed by atoms with Gasteiger partial charge in [-0.25, -0.2) is 18.3 Å². The summed E-state index contributed by atoms with van der Waals surface area (Å²) in [7, 11) is 0. The Bertz CT molecular complexity index is 601. The van der Waals surface area contributed by atoms with Crippen molar-refractivity contribution in [1.82, 2.24) is 15.0 Å². The van der Waals surface area contributed by atoms with E-state index in [-0.39, 0.29) is 24.6 Å². The van der Waals surface area contributed by atoms with Gasteiger partial charge in [0.25, 0.3) is 0 Å². The van der Waals surface area contributed by atoms with Crippen molar-refractivity contribution in [3.05, 3.63) is 41.7 Å². The highest BCUT2D eigenvalue weighted by molar-refractivity contribution is 5.84. The fraction of sp³-hybridized carbons (Fsp3) is 0.182. The van der Waals surface area contributed by atoms with Crippen LogP contribution < -0.4 is 4.74 Å². The van der Waals surface area contributed by atoms with Gasteiger partial charge in [-0.3, -0.25) is 0 Å². The van der Waals surface area contributed by atoms with Crippen LogP contribution in [0.3, 0.4) is 0 Å². The SMILES string of the molecule is O=C(O)c1cn(CCOc2ccc(F)c(F)c2)nn1. The van der Waals surface area contributed by atoms with Crippen molar-refractivity contribution in [2.75, 3.05) is 6.61 Å². The molecule has 0 fully saturated rings. The highest BCUT2D eigenvalue weighted by Crippen LogP contribution is 2.15. The van der Waals surface area contributed by atoms with Crippen molar-refractivity contribution in [2.45, 2.75) is 6.54 Å². The van der Waals surface area contributed by atoms with E-state index in [0.29, 0.717) is 0 Å². The van der Waals surface area contributed by atoms with Crippen LogP contribution in [-0.2, 0) is 6.54 Å². The third-order valence-corrected chi connectivity index (χ3v) is 2.24. The van der Waals surface area contributed by atoms with E-state index >= 15 is 0 Å². The largest absolute Gasteiger partial charge is 0.492 e. The molecular weight excluding hydrogens is 260 g/mol. The van der Waals surface area contributed by atoms with E-state index in [1.165, 1.54) is 16.9 Å². The first kappa shape index (κ1) is 12.9. The van der Waals surface area contributed by atoms with E-state index in [1.54, 1.807) is 0 Å². The molecule has 1 aromatic heterocycles. The molecule has 0 saturated heterocycles. The molecule has 0 atom stereocenters. The minimum absolute atomic E-state index is 0.119. The summed E-state index contributed by atoms with van der Waals surface area (Å²) in [5, 5.41) is 15.6. The topological polar surface area (TPSA) is 77.2 Å². The van der Waals surface area contributed by atoms with E-state index in [0.717, 1.165) is 12.1 Å². The molecular formula is C11H9F2N3O3. The van der Waals surface area contributed by atoms with Crippen molar-refractivity contribution < 1.29 is 23.4 Å². The van der Waals surface area contributed by atoms with Gasteiger partial charge in [0, 0.05) is 6.07 Å². The Balaban J connectivity index is 1.88. The van der Waals surface area contributed by atoms with Crippen molar-refractivity contribution in [3.63, 3.8) is 0 Å². The summed E-state index contributed by atoms with van der Waals surface area (Å²) in [5.74, 6) is -2.94. The Morgan fingerprint density at radius 2 is 2.16 bits per heavy atom. The van der Waals surface area contributed by atoms with Crippen LogP contribution in [0, 0.1) is 11.6 Å². The van der Waals surface area contributed by atoms with Crippen LogP contribution in [0.15, 0.2) is 24.4 Å². The summed E-state index contributed by atoms with van der Waals surface area (Å²) in [4.78, 5) is 10.6. The zero-order valence-electron chi connectivity index (χ0n) is 9.58. The molecule has 1 aromatic carbocycles. The van der Waals surface area contributed by atoms with Gasteiger partial charge in [-0.05, 0) is 12.1 Å². The normalized spacial score (nSPS) is 10.4. The molecule has 1 heterocycles. The molecule has 19 heavy (non-hydrogen) atoms. The monoisotopic (exact) mass is 269 g/mol. The highest BCUT2D eigenvalue weighted by atomic mass is 19.2. The molecule has 2 rings (SSSR count). The van der Waals surface area contributed by atoms with Gasteiger partial charge in [0.1, 0.15) is 12.4 Å². The Hall–Kier alpha value is -2.51. The maximum Gasteiger partial charge on any atom is 0.358 e. The third-order valence-electron chi connectivity index (χ3n) is 2.24. The number of ether oxygens (including phenoxy) is 1. The van der Waals surface area contributed by atoms with Gasteiger partial charge in [-0.15, -0.1) is 5.10 Å². The number of carbonyl (C=O) groups is 1. The molecule has 6 nitrogen and oxygen atoms in total. The van der Waals surface area contributed by atoms with E-state index in [9.17, 15) is 13.6 Å². The second-order valence-electron chi connectivity index (χ2n) is 3.60. The first-order chi connectivity index (χ1) is 9.06. The quantitative estimate of drug-likeness (QED) is 0.886. The van der Waals surface area contributed by atoms with Gasteiger partial charge < -0.3 is 9.84 Å². The van der Waals surface area contributed by atoms with E-state index in [1.807, 2.05) is 0 Å². The number of carboxylic acids is 1. The lowest BCUT2D eigenvalue weighted by molar-refractivity contribution is 0.0690. The van der Waals surface area contributed by atoms with E-state index < -0.39 is 17.6 Å². The van der Waals surface area contributed by atoms with Crippen LogP contribution in [0.25, 0.3) is 0 Å². The summed E-state index contributed by atoms with van der Waals surface area (Å²) in [6.07, 6.45) is 1.25. The first-order valence-electron chi connectivity index (χ1n) is 5.27. The summed E-state index contributed by atoms with van der Waals surface area (Å²) in [5.41, 5.74) is -0.173. The second-order valence-corrected chi connectivity index (χ2v) is 3.60. The number of halogens is 2. The first-order valence-corrected chi connectivity index (χ1v) is 5.27. The molecule has 2 aromatic rings. The Kier molecular flexibility index (Phi) is 3.69. The second kappa shape index (κ2) is 5.42. The molecule has 0 amide bonds. The molecule has 1 N–H and O–H groups in total. The molecule has 0 aliphatic carbocycles. The zero-order chi connectivity index (χ0) is 13.8. The maximum absolute atomic E-state index is 12.9. The van der Waals surface area contributed by atoms with Crippen LogP contribution in [0.4, 0.5) is 8.78 Å². The highest BCUT2D eigenvalue weighted by Gasteiger charge is 2.08. The third kappa shape index (κ3) is 3.24. The molecule has 8 heteroatoms. The number of rotatable bonds is 5. The maximum atomic E-state index is 12.9. The van der Waals surface area contributed by atoms with Crippen LogP contribution in [0.2, 0.25) is 0 Å². The predicted octanol–water partition coefficient (Wildman–Crippen LogP) is 1.33. The summed E-state index contributed by atoms with van der Waals surface area (Å²) in [6.45, 7) is 0.354. The van der Waals surface area contributed by atoms with Gasteiger partial charge in [0.05, 0.1) is 12.7 Å². The Labute approximate surface area is 106 Å². The standard InChI is InChI=1S/C11H9F2N3O3/c12-8-2-1-7(5-9(8)13)19-4-3-16-6-10(11(17)18)14-15-16/h1-2,5-6H,3-4H2,(H,17,18). The van der Waals surface area contributed by atoms with E-state index in [2.05, 4.69) is 10.3 Å².